The van der Waals surface area contributed by atoms with Gasteiger partial charge in [0.2, 0.25) is 0 Å². The van der Waals surface area contributed by atoms with Gasteiger partial charge in [-0.25, -0.2) is 13.5 Å². The van der Waals surface area contributed by atoms with E-state index in [1.165, 1.54) is 24.3 Å². The molecule has 1 aromatic heterocycles. The van der Waals surface area contributed by atoms with Gasteiger partial charge in [0, 0.05) is 5.56 Å². The number of hydrogen-bond acceptors (Lipinski definition) is 1. The summed E-state index contributed by atoms with van der Waals surface area (Å²) in [7, 11) is 0. The van der Waals surface area contributed by atoms with E-state index in [1.807, 2.05) is 36.4 Å². The molecule has 4 heteroatoms. The maximum atomic E-state index is 13.5. The van der Waals surface area contributed by atoms with E-state index in [0.717, 1.165) is 22.4 Å². The number of halogens is 2. The van der Waals surface area contributed by atoms with E-state index in [0.29, 0.717) is 5.69 Å². The Morgan fingerprint density at radius 3 is 2.20 bits per heavy atom. The van der Waals surface area contributed by atoms with Crippen molar-refractivity contribution < 1.29 is 8.78 Å². The minimum Gasteiger partial charge on any atom is -0.233 e. The summed E-state index contributed by atoms with van der Waals surface area (Å²) in [4.78, 5) is 0. The fraction of sp³-hybridized carbons (Fsp3) is 0. The highest BCUT2D eigenvalue weighted by Gasteiger charge is 2.09. The van der Waals surface area contributed by atoms with Gasteiger partial charge in [0.25, 0.3) is 0 Å². The largest absolute Gasteiger partial charge is 0.233 e. The summed E-state index contributed by atoms with van der Waals surface area (Å²) >= 11 is 0. The van der Waals surface area contributed by atoms with Gasteiger partial charge in [0.05, 0.1) is 17.6 Å². The van der Waals surface area contributed by atoms with Crippen LogP contribution in [0, 0.1) is 11.6 Å². The standard InChI is InChI=1S/C21H14F2N2/c22-18-9-7-15(8-10-18)16-3-1-4-17(13-16)21-11-12-24-25(21)20-6-2-5-19(23)14-20/h1-14H. The Labute approximate surface area is 144 Å². The van der Waals surface area contributed by atoms with Crippen LogP contribution in [0.15, 0.2) is 85.1 Å². The fourth-order valence-electron chi connectivity index (χ4n) is 2.84. The van der Waals surface area contributed by atoms with E-state index in [9.17, 15) is 8.78 Å². The second kappa shape index (κ2) is 6.32. The van der Waals surface area contributed by atoms with E-state index >= 15 is 0 Å². The molecular formula is C21H14F2N2. The molecule has 0 atom stereocenters. The Balaban J connectivity index is 1.78. The third-order valence-corrected chi connectivity index (χ3v) is 4.03. The van der Waals surface area contributed by atoms with Crippen molar-refractivity contribution in [1.82, 2.24) is 9.78 Å². The Kier molecular flexibility index (Phi) is 3.86. The molecule has 0 amide bonds. The van der Waals surface area contributed by atoms with Gasteiger partial charge in [-0.1, -0.05) is 36.4 Å². The molecule has 25 heavy (non-hydrogen) atoms. The topological polar surface area (TPSA) is 17.8 Å². The molecule has 0 spiro atoms. The summed E-state index contributed by atoms with van der Waals surface area (Å²) in [5.41, 5.74) is 4.37. The minimum absolute atomic E-state index is 0.260. The molecule has 0 saturated carbocycles. The highest BCUT2D eigenvalue weighted by atomic mass is 19.1. The lowest BCUT2D eigenvalue weighted by Gasteiger charge is -2.09. The van der Waals surface area contributed by atoms with Crippen molar-refractivity contribution in [3.63, 3.8) is 0 Å². The number of benzene rings is 3. The maximum Gasteiger partial charge on any atom is 0.125 e. The summed E-state index contributed by atoms with van der Waals surface area (Å²) in [6, 6.07) is 22.5. The molecule has 0 aliphatic heterocycles. The zero-order valence-corrected chi connectivity index (χ0v) is 13.2. The van der Waals surface area contributed by atoms with Crippen LogP contribution in [-0.2, 0) is 0 Å². The summed E-state index contributed by atoms with van der Waals surface area (Å²) in [5.74, 6) is -0.567. The van der Waals surface area contributed by atoms with Gasteiger partial charge in [-0.15, -0.1) is 0 Å². The first kappa shape index (κ1) is 15.3. The van der Waals surface area contributed by atoms with Crippen LogP contribution in [0.4, 0.5) is 8.78 Å². The van der Waals surface area contributed by atoms with Crippen LogP contribution in [0.1, 0.15) is 0 Å². The van der Waals surface area contributed by atoms with E-state index in [1.54, 1.807) is 29.1 Å². The average molecular weight is 332 g/mol. The molecule has 0 fully saturated rings. The summed E-state index contributed by atoms with van der Waals surface area (Å²) in [6.45, 7) is 0. The van der Waals surface area contributed by atoms with Gasteiger partial charge in [-0.3, -0.25) is 0 Å². The van der Waals surface area contributed by atoms with Gasteiger partial charge in [-0.2, -0.15) is 5.10 Å². The van der Waals surface area contributed by atoms with Gasteiger partial charge in [-0.05, 0) is 53.6 Å². The number of aromatic nitrogens is 2. The molecule has 0 unspecified atom stereocenters. The van der Waals surface area contributed by atoms with Gasteiger partial charge < -0.3 is 0 Å². The first-order chi connectivity index (χ1) is 12.2. The van der Waals surface area contributed by atoms with Gasteiger partial charge >= 0.3 is 0 Å². The molecule has 2 nitrogen and oxygen atoms in total. The smallest absolute Gasteiger partial charge is 0.125 e. The first-order valence-corrected chi connectivity index (χ1v) is 7.87. The molecular weight excluding hydrogens is 318 g/mol. The lowest BCUT2D eigenvalue weighted by molar-refractivity contribution is 0.625. The summed E-state index contributed by atoms with van der Waals surface area (Å²) < 4.78 is 28.4. The molecule has 0 saturated heterocycles. The van der Waals surface area contributed by atoms with Crippen molar-refractivity contribution in [2.75, 3.05) is 0 Å². The van der Waals surface area contributed by atoms with Crippen LogP contribution < -0.4 is 0 Å². The van der Waals surface area contributed by atoms with E-state index in [2.05, 4.69) is 5.10 Å². The Bertz CT molecular complexity index is 1020. The monoisotopic (exact) mass is 332 g/mol. The lowest BCUT2D eigenvalue weighted by atomic mass is 10.0. The van der Waals surface area contributed by atoms with Crippen molar-refractivity contribution in [1.29, 1.82) is 0 Å². The van der Waals surface area contributed by atoms with Crippen molar-refractivity contribution in [2.24, 2.45) is 0 Å². The summed E-state index contributed by atoms with van der Waals surface area (Å²) in [6.07, 6.45) is 1.69. The molecule has 0 aliphatic carbocycles. The molecule has 0 radical (unpaired) electrons. The second-order valence-corrected chi connectivity index (χ2v) is 5.70. The van der Waals surface area contributed by atoms with E-state index < -0.39 is 0 Å². The SMILES string of the molecule is Fc1ccc(-c2cccc(-c3ccnn3-c3cccc(F)c3)c2)cc1. The first-order valence-electron chi connectivity index (χ1n) is 7.87. The van der Waals surface area contributed by atoms with Crippen molar-refractivity contribution in [3.05, 3.63) is 96.7 Å². The highest BCUT2D eigenvalue weighted by Crippen LogP contribution is 2.28. The predicted molar refractivity (Wildman–Crippen MR) is 94.4 cm³/mol. The molecule has 4 aromatic rings. The number of nitrogens with zero attached hydrogens (tertiary/aromatic N) is 2. The molecule has 1 heterocycles. The average Bonchev–Trinajstić information content (AvgIpc) is 3.12. The predicted octanol–water partition coefficient (Wildman–Crippen LogP) is 5.48. The van der Waals surface area contributed by atoms with Gasteiger partial charge in [0.15, 0.2) is 0 Å². The minimum atomic E-state index is -0.306. The molecule has 0 bridgehead atoms. The van der Waals surface area contributed by atoms with Gasteiger partial charge in [0.1, 0.15) is 11.6 Å². The third kappa shape index (κ3) is 3.06. The van der Waals surface area contributed by atoms with E-state index in [-0.39, 0.29) is 11.6 Å². The molecule has 0 aliphatic rings. The number of hydrogen-bond donors (Lipinski definition) is 0. The molecule has 4 rings (SSSR count). The molecule has 3 aromatic carbocycles. The zero-order chi connectivity index (χ0) is 17.2. The molecule has 122 valence electrons. The normalized spacial score (nSPS) is 10.8. The van der Waals surface area contributed by atoms with Crippen LogP contribution in [-0.4, -0.2) is 9.78 Å². The second-order valence-electron chi connectivity index (χ2n) is 5.70. The van der Waals surface area contributed by atoms with Crippen LogP contribution >= 0.6 is 0 Å². The summed E-state index contributed by atoms with van der Waals surface area (Å²) in [5, 5.41) is 4.32. The number of rotatable bonds is 3. The van der Waals surface area contributed by atoms with Crippen LogP contribution in [0.5, 0.6) is 0 Å². The Morgan fingerprint density at radius 1 is 0.640 bits per heavy atom. The molecule has 0 N–H and O–H groups in total. The Hall–Kier alpha value is -3.27. The lowest BCUT2D eigenvalue weighted by Crippen LogP contribution is -1.99. The van der Waals surface area contributed by atoms with Crippen molar-refractivity contribution in [3.8, 4) is 28.1 Å². The third-order valence-electron chi connectivity index (χ3n) is 4.03. The fourth-order valence-corrected chi connectivity index (χ4v) is 2.84. The Morgan fingerprint density at radius 2 is 1.40 bits per heavy atom. The van der Waals surface area contributed by atoms with Crippen LogP contribution in [0.2, 0.25) is 0 Å². The van der Waals surface area contributed by atoms with Crippen molar-refractivity contribution >= 4 is 0 Å². The zero-order valence-electron chi connectivity index (χ0n) is 13.2. The van der Waals surface area contributed by atoms with Crippen LogP contribution in [0.3, 0.4) is 0 Å². The van der Waals surface area contributed by atoms with Crippen molar-refractivity contribution in [2.45, 2.75) is 0 Å². The maximum absolute atomic E-state index is 13.5. The quantitative estimate of drug-likeness (QED) is 0.485. The van der Waals surface area contributed by atoms with Crippen LogP contribution in [0.25, 0.3) is 28.1 Å². The highest BCUT2D eigenvalue weighted by molar-refractivity contribution is 5.72. The van der Waals surface area contributed by atoms with E-state index in [4.69, 9.17) is 0 Å².